The molecule has 4 nitrogen and oxygen atoms in total. The zero-order valence-electron chi connectivity index (χ0n) is 8.03. The van der Waals surface area contributed by atoms with Gasteiger partial charge in [0.25, 0.3) is 0 Å². The van der Waals surface area contributed by atoms with Gasteiger partial charge in [-0.25, -0.2) is 9.78 Å². The van der Waals surface area contributed by atoms with Crippen molar-refractivity contribution in [3.8, 4) is 0 Å². The van der Waals surface area contributed by atoms with Crippen LogP contribution in [0, 0.1) is 0 Å². The molecule has 0 unspecified atom stereocenters. The highest BCUT2D eigenvalue weighted by atomic mass is 79.9. The fraction of sp³-hybridized carbons (Fsp3) is 0.400. The summed E-state index contributed by atoms with van der Waals surface area (Å²) in [7, 11) is 0. The van der Waals surface area contributed by atoms with Gasteiger partial charge < -0.3 is 10.4 Å². The molecule has 2 rings (SSSR count). The van der Waals surface area contributed by atoms with Crippen molar-refractivity contribution in [3.63, 3.8) is 0 Å². The average molecular weight is 271 g/mol. The monoisotopic (exact) mass is 270 g/mol. The lowest BCUT2D eigenvalue weighted by Gasteiger charge is -2.27. The Morgan fingerprint density at radius 2 is 2.33 bits per heavy atom. The van der Waals surface area contributed by atoms with Crippen molar-refractivity contribution in [1.82, 2.24) is 4.98 Å². The van der Waals surface area contributed by atoms with Crippen molar-refractivity contribution in [2.45, 2.75) is 25.3 Å². The Bertz CT molecular complexity index is 391. The molecule has 0 atom stereocenters. The Morgan fingerprint density at radius 3 is 2.80 bits per heavy atom. The van der Waals surface area contributed by atoms with Crippen LogP contribution < -0.4 is 5.32 Å². The quantitative estimate of drug-likeness (QED) is 0.886. The molecule has 0 spiro atoms. The molecule has 80 valence electrons. The fourth-order valence-electron chi connectivity index (χ4n) is 1.41. The van der Waals surface area contributed by atoms with Crippen LogP contribution in [0.3, 0.4) is 0 Å². The third kappa shape index (κ3) is 2.28. The topological polar surface area (TPSA) is 62.2 Å². The summed E-state index contributed by atoms with van der Waals surface area (Å²) in [5.74, 6) is -0.233. The van der Waals surface area contributed by atoms with E-state index in [4.69, 9.17) is 5.11 Å². The number of hydrogen-bond acceptors (Lipinski definition) is 3. The molecule has 1 aliphatic carbocycles. The van der Waals surface area contributed by atoms with Crippen LogP contribution in [0.4, 0.5) is 5.82 Å². The second kappa shape index (κ2) is 4.18. The molecule has 1 saturated carbocycles. The molecule has 0 radical (unpaired) electrons. The van der Waals surface area contributed by atoms with Gasteiger partial charge >= 0.3 is 5.97 Å². The molecular weight excluding hydrogens is 260 g/mol. The number of halogens is 1. The molecule has 1 aromatic rings. The van der Waals surface area contributed by atoms with Crippen LogP contribution in [0.5, 0.6) is 0 Å². The van der Waals surface area contributed by atoms with Gasteiger partial charge in [0.15, 0.2) is 0 Å². The van der Waals surface area contributed by atoms with E-state index in [1.54, 1.807) is 6.07 Å². The molecule has 0 amide bonds. The molecule has 1 fully saturated rings. The third-order valence-corrected chi connectivity index (χ3v) is 3.14. The Labute approximate surface area is 95.8 Å². The summed E-state index contributed by atoms with van der Waals surface area (Å²) in [5.41, 5.74) is 0.195. The van der Waals surface area contributed by atoms with E-state index in [-0.39, 0.29) is 5.56 Å². The van der Waals surface area contributed by atoms with Gasteiger partial charge in [0.2, 0.25) is 0 Å². The molecule has 0 saturated heterocycles. The van der Waals surface area contributed by atoms with Crippen LogP contribution >= 0.6 is 15.9 Å². The molecular formula is C10H11BrN2O2. The van der Waals surface area contributed by atoms with E-state index in [9.17, 15) is 4.79 Å². The van der Waals surface area contributed by atoms with Gasteiger partial charge in [-0.1, -0.05) is 0 Å². The molecule has 5 heteroatoms. The van der Waals surface area contributed by atoms with Crippen molar-refractivity contribution in [2.24, 2.45) is 0 Å². The van der Waals surface area contributed by atoms with E-state index in [2.05, 4.69) is 26.2 Å². The summed E-state index contributed by atoms with van der Waals surface area (Å²) in [5, 5.41) is 12.0. The molecule has 1 heterocycles. The highest BCUT2D eigenvalue weighted by Gasteiger charge is 2.18. The molecule has 15 heavy (non-hydrogen) atoms. The van der Waals surface area contributed by atoms with Crippen LogP contribution in [0.15, 0.2) is 16.7 Å². The second-order valence-electron chi connectivity index (χ2n) is 3.63. The number of nitrogens with zero attached hydrogens (tertiary/aromatic N) is 1. The van der Waals surface area contributed by atoms with E-state index in [0.717, 1.165) is 18.7 Å². The number of carbonyl (C=O) groups is 1. The molecule has 1 aromatic heterocycles. The number of anilines is 1. The first-order chi connectivity index (χ1) is 7.16. The van der Waals surface area contributed by atoms with Gasteiger partial charge in [0, 0.05) is 12.2 Å². The minimum atomic E-state index is -0.960. The Balaban J connectivity index is 2.14. The predicted octanol–water partition coefficient (Wildman–Crippen LogP) is 2.51. The predicted molar refractivity (Wildman–Crippen MR) is 60.2 cm³/mol. The van der Waals surface area contributed by atoms with Crippen LogP contribution in [-0.4, -0.2) is 22.1 Å². The highest BCUT2D eigenvalue weighted by Crippen LogP contribution is 2.27. The van der Waals surface area contributed by atoms with Crippen molar-refractivity contribution >= 4 is 27.7 Å². The van der Waals surface area contributed by atoms with E-state index in [1.807, 2.05) is 0 Å². The van der Waals surface area contributed by atoms with Gasteiger partial charge in [-0.15, -0.1) is 0 Å². The average Bonchev–Trinajstić information content (AvgIpc) is 2.12. The summed E-state index contributed by atoms with van der Waals surface area (Å²) in [6.07, 6.45) is 4.94. The highest BCUT2D eigenvalue weighted by molar-refractivity contribution is 9.10. The number of aromatic nitrogens is 1. The molecule has 0 bridgehead atoms. The number of carboxylic acid groups (broad SMARTS) is 1. The smallest absolute Gasteiger partial charge is 0.337 e. The molecule has 0 aliphatic heterocycles. The zero-order chi connectivity index (χ0) is 10.8. The van der Waals surface area contributed by atoms with E-state index in [0.29, 0.717) is 10.5 Å². The van der Waals surface area contributed by atoms with E-state index >= 15 is 0 Å². The van der Waals surface area contributed by atoms with Gasteiger partial charge in [-0.3, -0.25) is 0 Å². The summed E-state index contributed by atoms with van der Waals surface area (Å²) in [6.45, 7) is 0. The maximum atomic E-state index is 10.7. The standard InChI is InChI=1S/C10H11BrN2O2/c11-8-4-6(10(14)15)5-12-9(8)13-7-2-1-3-7/h4-5,7H,1-3H2,(H,12,13)(H,14,15). The van der Waals surface area contributed by atoms with E-state index in [1.165, 1.54) is 12.6 Å². The lowest BCUT2D eigenvalue weighted by atomic mass is 9.93. The molecule has 1 aliphatic rings. The van der Waals surface area contributed by atoms with Crippen molar-refractivity contribution < 1.29 is 9.90 Å². The number of nitrogens with one attached hydrogen (secondary N) is 1. The number of rotatable bonds is 3. The number of aromatic carboxylic acids is 1. The fourth-order valence-corrected chi connectivity index (χ4v) is 1.87. The van der Waals surface area contributed by atoms with Crippen molar-refractivity contribution in [1.29, 1.82) is 0 Å². The Morgan fingerprint density at radius 1 is 1.60 bits per heavy atom. The van der Waals surface area contributed by atoms with Crippen molar-refractivity contribution in [3.05, 3.63) is 22.3 Å². The normalized spacial score (nSPS) is 15.8. The van der Waals surface area contributed by atoms with Gasteiger partial charge in [-0.05, 0) is 41.3 Å². The Kier molecular flexibility index (Phi) is 2.90. The van der Waals surface area contributed by atoms with Crippen molar-refractivity contribution in [2.75, 3.05) is 5.32 Å². The maximum Gasteiger partial charge on any atom is 0.337 e. The van der Waals surface area contributed by atoms with Crippen LogP contribution in [-0.2, 0) is 0 Å². The van der Waals surface area contributed by atoms with Crippen LogP contribution in [0.2, 0.25) is 0 Å². The second-order valence-corrected chi connectivity index (χ2v) is 4.49. The summed E-state index contributed by atoms with van der Waals surface area (Å²) in [6, 6.07) is 2.06. The third-order valence-electron chi connectivity index (χ3n) is 2.53. The maximum absolute atomic E-state index is 10.7. The SMILES string of the molecule is O=C(O)c1cnc(NC2CCC2)c(Br)c1. The minimum absolute atomic E-state index is 0.195. The number of pyridine rings is 1. The first-order valence-electron chi connectivity index (χ1n) is 4.82. The largest absolute Gasteiger partial charge is 0.478 e. The van der Waals surface area contributed by atoms with Gasteiger partial charge in [-0.2, -0.15) is 0 Å². The summed E-state index contributed by atoms with van der Waals surface area (Å²) in [4.78, 5) is 14.8. The zero-order valence-corrected chi connectivity index (χ0v) is 9.62. The summed E-state index contributed by atoms with van der Waals surface area (Å²) >= 11 is 3.31. The van der Waals surface area contributed by atoms with Crippen LogP contribution in [0.1, 0.15) is 29.6 Å². The molecule has 2 N–H and O–H groups in total. The lowest BCUT2D eigenvalue weighted by molar-refractivity contribution is 0.0696. The van der Waals surface area contributed by atoms with Crippen LogP contribution in [0.25, 0.3) is 0 Å². The first kappa shape index (κ1) is 10.4. The summed E-state index contributed by atoms with van der Waals surface area (Å²) < 4.78 is 0.703. The number of carboxylic acids is 1. The molecule has 0 aromatic carbocycles. The van der Waals surface area contributed by atoms with E-state index < -0.39 is 5.97 Å². The first-order valence-corrected chi connectivity index (χ1v) is 5.61. The van der Waals surface area contributed by atoms with Gasteiger partial charge in [0.05, 0.1) is 10.0 Å². The number of hydrogen-bond donors (Lipinski definition) is 2. The lowest BCUT2D eigenvalue weighted by Crippen LogP contribution is -2.27. The van der Waals surface area contributed by atoms with Gasteiger partial charge in [0.1, 0.15) is 5.82 Å². The Hall–Kier alpha value is -1.10. The minimum Gasteiger partial charge on any atom is -0.478 e.